The van der Waals surface area contributed by atoms with Crippen molar-refractivity contribution in [2.24, 2.45) is 0 Å². The van der Waals surface area contributed by atoms with Gasteiger partial charge in [-0.05, 0) is 29.8 Å². The molecular weight excluding hydrogens is 338 g/mol. The van der Waals surface area contributed by atoms with Gasteiger partial charge in [0.15, 0.2) is 5.78 Å². The molecule has 0 unspecified atom stereocenters. The molecule has 0 atom stereocenters. The second-order valence-corrected chi connectivity index (χ2v) is 5.17. The lowest BCUT2D eigenvalue weighted by molar-refractivity contribution is 0.0992. The van der Waals surface area contributed by atoms with E-state index < -0.39 is 11.6 Å². The number of carbonyl (C=O) groups excluding carboxylic acids is 1. The fourth-order valence-electron chi connectivity index (χ4n) is 1.66. The quantitative estimate of drug-likeness (QED) is 0.730. The molecule has 0 bridgehead atoms. The molecule has 0 aliphatic carbocycles. The topological polar surface area (TPSA) is 17.1 Å². The number of hydrogen-bond acceptors (Lipinski definition) is 1. The van der Waals surface area contributed by atoms with Crippen LogP contribution in [0.1, 0.15) is 15.9 Å². The van der Waals surface area contributed by atoms with Gasteiger partial charge in [0.2, 0.25) is 0 Å². The molecule has 5 heteroatoms. The molecule has 2 aromatic carbocycles. The third kappa shape index (κ3) is 3.19. The molecule has 0 N–H and O–H groups in total. The summed E-state index contributed by atoms with van der Waals surface area (Å²) >= 11 is 8.97. The van der Waals surface area contributed by atoms with Gasteiger partial charge in [-0.3, -0.25) is 4.79 Å². The number of ketones is 1. The largest absolute Gasteiger partial charge is 0.294 e. The van der Waals surface area contributed by atoms with Crippen molar-refractivity contribution in [2.45, 2.75) is 6.42 Å². The van der Waals surface area contributed by atoms with Crippen LogP contribution in [0.3, 0.4) is 0 Å². The summed E-state index contributed by atoms with van der Waals surface area (Å²) in [5.41, 5.74) is 0.586. The molecule has 19 heavy (non-hydrogen) atoms. The molecule has 2 rings (SSSR count). The van der Waals surface area contributed by atoms with Crippen LogP contribution in [0.15, 0.2) is 40.9 Å². The van der Waals surface area contributed by atoms with Crippen LogP contribution in [0.2, 0.25) is 5.02 Å². The number of halogens is 4. The van der Waals surface area contributed by atoms with Crippen molar-refractivity contribution in [1.82, 2.24) is 0 Å². The van der Waals surface area contributed by atoms with Gasteiger partial charge in [-0.2, -0.15) is 0 Å². The van der Waals surface area contributed by atoms with Crippen molar-refractivity contribution in [3.63, 3.8) is 0 Å². The minimum Gasteiger partial charge on any atom is -0.294 e. The second-order valence-electron chi connectivity index (χ2n) is 3.94. The van der Waals surface area contributed by atoms with Crippen LogP contribution in [0.25, 0.3) is 0 Å². The first-order valence-corrected chi connectivity index (χ1v) is 6.57. The summed E-state index contributed by atoms with van der Waals surface area (Å²) in [7, 11) is 0. The van der Waals surface area contributed by atoms with Gasteiger partial charge in [-0.25, -0.2) is 8.78 Å². The van der Waals surface area contributed by atoms with Gasteiger partial charge in [-0.1, -0.05) is 39.7 Å². The van der Waals surface area contributed by atoms with E-state index in [1.165, 1.54) is 24.3 Å². The Labute approximate surface area is 122 Å². The Hall–Kier alpha value is -1.26. The van der Waals surface area contributed by atoms with Crippen molar-refractivity contribution in [3.8, 4) is 0 Å². The Morgan fingerprint density at radius 3 is 2.68 bits per heavy atom. The van der Waals surface area contributed by atoms with E-state index in [2.05, 4.69) is 15.9 Å². The van der Waals surface area contributed by atoms with Gasteiger partial charge in [0.1, 0.15) is 11.6 Å². The van der Waals surface area contributed by atoms with Crippen LogP contribution >= 0.6 is 27.5 Å². The number of rotatable bonds is 3. The highest BCUT2D eigenvalue weighted by Crippen LogP contribution is 2.24. The third-order valence-corrected chi connectivity index (χ3v) is 3.73. The first kappa shape index (κ1) is 14.2. The van der Waals surface area contributed by atoms with E-state index >= 15 is 0 Å². The van der Waals surface area contributed by atoms with Crippen molar-refractivity contribution in [3.05, 3.63) is 68.7 Å². The van der Waals surface area contributed by atoms with Gasteiger partial charge in [0.25, 0.3) is 0 Å². The van der Waals surface area contributed by atoms with E-state index in [9.17, 15) is 13.6 Å². The first-order valence-electron chi connectivity index (χ1n) is 5.40. The predicted molar refractivity (Wildman–Crippen MR) is 73.5 cm³/mol. The fourth-order valence-corrected chi connectivity index (χ4v) is 2.32. The molecule has 0 aliphatic heterocycles. The van der Waals surface area contributed by atoms with Crippen LogP contribution in [0.4, 0.5) is 8.78 Å². The normalized spacial score (nSPS) is 10.5. The number of hydrogen-bond donors (Lipinski definition) is 0. The average molecular weight is 346 g/mol. The first-order chi connectivity index (χ1) is 8.99. The lowest BCUT2D eigenvalue weighted by Gasteiger charge is -2.06. The molecule has 0 aromatic heterocycles. The van der Waals surface area contributed by atoms with Crippen molar-refractivity contribution in [1.29, 1.82) is 0 Å². The van der Waals surface area contributed by atoms with Gasteiger partial charge in [0.05, 0.1) is 5.02 Å². The van der Waals surface area contributed by atoms with Crippen LogP contribution in [0.5, 0.6) is 0 Å². The Morgan fingerprint density at radius 1 is 1.21 bits per heavy atom. The summed E-state index contributed by atoms with van der Waals surface area (Å²) in [5.74, 6) is -1.42. The number of carbonyl (C=O) groups is 1. The molecule has 1 nitrogen and oxygen atoms in total. The Morgan fingerprint density at radius 2 is 1.95 bits per heavy atom. The average Bonchev–Trinajstić information content (AvgIpc) is 2.38. The molecule has 0 amide bonds. The van der Waals surface area contributed by atoms with Gasteiger partial charge < -0.3 is 0 Å². The molecular formula is C14H8BrClF2O. The molecule has 0 saturated heterocycles. The van der Waals surface area contributed by atoms with Gasteiger partial charge in [-0.15, -0.1) is 0 Å². The molecule has 2 aromatic rings. The Kier molecular flexibility index (Phi) is 4.32. The third-order valence-electron chi connectivity index (χ3n) is 2.61. The SMILES string of the molecule is O=C(Cc1cccc(F)c1Cl)c1cc(F)ccc1Br. The van der Waals surface area contributed by atoms with E-state index in [1.54, 1.807) is 6.07 Å². The maximum Gasteiger partial charge on any atom is 0.168 e. The lowest BCUT2D eigenvalue weighted by atomic mass is 10.0. The molecule has 0 aliphatic rings. The van der Waals surface area contributed by atoms with Crippen molar-refractivity contribution < 1.29 is 13.6 Å². The van der Waals surface area contributed by atoms with E-state index in [0.29, 0.717) is 10.0 Å². The zero-order chi connectivity index (χ0) is 14.0. The second kappa shape index (κ2) is 5.80. The molecule has 0 saturated carbocycles. The standard InChI is InChI=1S/C14H8BrClF2O/c15-11-5-4-9(17)7-10(11)13(19)6-8-2-1-3-12(18)14(8)16/h1-5,7H,6H2. The zero-order valence-corrected chi connectivity index (χ0v) is 11.9. The highest BCUT2D eigenvalue weighted by atomic mass is 79.9. The van der Waals surface area contributed by atoms with E-state index in [4.69, 9.17) is 11.6 Å². The van der Waals surface area contributed by atoms with E-state index in [1.807, 2.05) is 0 Å². The minimum absolute atomic E-state index is 0.0802. The predicted octanol–water partition coefficient (Wildman–Crippen LogP) is 4.81. The molecule has 98 valence electrons. The van der Waals surface area contributed by atoms with Crippen LogP contribution in [0, 0.1) is 11.6 Å². The lowest BCUT2D eigenvalue weighted by Crippen LogP contribution is -2.06. The summed E-state index contributed by atoms with van der Waals surface area (Å²) in [6, 6.07) is 8.10. The van der Waals surface area contributed by atoms with Crippen LogP contribution in [-0.2, 0) is 6.42 Å². The molecule has 0 spiro atoms. The minimum atomic E-state index is -0.578. The fraction of sp³-hybridized carbons (Fsp3) is 0.0714. The van der Waals surface area contributed by atoms with Gasteiger partial charge in [0, 0.05) is 16.5 Å². The van der Waals surface area contributed by atoms with Crippen LogP contribution < -0.4 is 0 Å². The highest BCUT2D eigenvalue weighted by molar-refractivity contribution is 9.10. The van der Waals surface area contributed by atoms with Gasteiger partial charge >= 0.3 is 0 Å². The molecule has 0 radical (unpaired) electrons. The highest BCUT2D eigenvalue weighted by Gasteiger charge is 2.15. The van der Waals surface area contributed by atoms with Crippen LogP contribution in [-0.4, -0.2) is 5.78 Å². The number of Topliss-reactive ketones (excluding diaryl/α,β-unsaturated/α-hetero) is 1. The van der Waals surface area contributed by atoms with Crippen molar-refractivity contribution in [2.75, 3.05) is 0 Å². The monoisotopic (exact) mass is 344 g/mol. The summed E-state index contributed by atoms with van der Waals surface area (Å²) in [4.78, 5) is 12.1. The maximum absolute atomic E-state index is 13.3. The van der Waals surface area contributed by atoms with E-state index in [0.717, 1.165) is 6.07 Å². The summed E-state index contributed by atoms with van der Waals surface area (Å²) in [6.07, 6.45) is -0.0847. The molecule has 0 fully saturated rings. The smallest absolute Gasteiger partial charge is 0.168 e. The zero-order valence-electron chi connectivity index (χ0n) is 9.59. The van der Waals surface area contributed by atoms with E-state index in [-0.39, 0.29) is 22.8 Å². The summed E-state index contributed by atoms with van der Waals surface area (Å²) < 4.78 is 26.9. The number of benzene rings is 2. The molecule has 0 heterocycles. The summed E-state index contributed by atoms with van der Waals surface area (Å²) in [5, 5.41) is -0.0802. The Balaban J connectivity index is 2.31. The summed E-state index contributed by atoms with van der Waals surface area (Å²) in [6.45, 7) is 0. The Bertz CT molecular complexity index is 643. The maximum atomic E-state index is 13.3. The van der Waals surface area contributed by atoms with Crippen molar-refractivity contribution >= 4 is 33.3 Å².